The van der Waals surface area contributed by atoms with Crippen LogP contribution in [0.2, 0.25) is 0 Å². The van der Waals surface area contributed by atoms with Gasteiger partial charge in [-0.15, -0.1) is 0 Å². The molecule has 2 rings (SSSR count). The minimum Gasteiger partial charge on any atom is -0.496 e. The Morgan fingerprint density at radius 3 is 2.20 bits per heavy atom. The Kier molecular flexibility index (Phi) is 4.42. The number of aliphatic hydroxyl groups is 2. The second kappa shape index (κ2) is 6.07. The maximum absolute atomic E-state index is 10.5. The van der Waals surface area contributed by atoms with Gasteiger partial charge in [-0.1, -0.05) is 36.4 Å². The Labute approximate surface area is 119 Å². The fraction of sp³-hybridized carbons (Fsp3) is 0.294. The molecule has 2 aromatic rings. The quantitative estimate of drug-likeness (QED) is 0.899. The summed E-state index contributed by atoms with van der Waals surface area (Å²) in [5.41, 5.74) is 3.28. The van der Waals surface area contributed by atoms with E-state index in [1.54, 1.807) is 19.2 Å². The molecule has 0 aliphatic heterocycles. The average Bonchev–Trinajstić information content (AvgIpc) is 2.46. The van der Waals surface area contributed by atoms with Crippen LogP contribution in [0.5, 0.6) is 5.75 Å². The summed E-state index contributed by atoms with van der Waals surface area (Å²) < 4.78 is 5.34. The largest absolute Gasteiger partial charge is 0.496 e. The van der Waals surface area contributed by atoms with E-state index in [1.165, 1.54) is 0 Å². The van der Waals surface area contributed by atoms with Gasteiger partial charge in [0, 0.05) is 5.56 Å². The molecule has 106 valence electrons. The molecular weight excluding hydrogens is 252 g/mol. The molecule has 0 amide bonds. The number of hydrogen-bond acceptors (Lipinski definition) is 3. The highest BCUT2D eigenvalue weighted by atomic mass is 16.5. The third-order valence-corrected chi connectivity index (χ3v) is 3.45. The van der Waals surface area contributed by atoms with E-state index in [9.17, 15) is 10.2 Å². The lowest BCUT2D eigenvalue weighted by Gasteiger charge is -2.23. The molecule has 2 N–H and O–H groups in total. The average molecular weight is 272 g/mol. The van der Waals surface area contributed by atoms with Crippen molar-refractivity contribution in [1.29, 1.82) is 0 Å². The van der Waals surface area contributed by atoms with Gasteiger partial charge in [0.05, 0.1) is 7.11 Å². The van der Waals surface area contributed by atoms with Crippen molar-refractivity contribution < 1.29 is 14.9 Å². The minimum absolute atomic E-state index is 0.602. The third kappa shape index (κ3) is 2.84. The number of benzene rings is 2. The molecule has 0 aromatic heterocycles. The van der Waals surface area contributed by atoms with Gasteiger partial charge in [-0.2, -0.15) is 0 Å². The molecule has 3 heteroatoms. The van der Waals surface area contributed by atoms with Crippen LogP contribution in [0.1, 0.15) is 34.5 Å². The van der Waals surface area contributed by atoms with Crippen molar-refractivity contribution in [2.24, 2.45) is 0 Å². The van der Waals surface area contributed by atoms with E-state index in [0.29, 0.717) is 16.9 Å². The lowest BCUT2D eigenvalue weighted by molar-refractivity contribution is 0.0155. The highest BCUT2D eigenvalue weighted by Crippen LogP contribution is 2.36. The zero-order valence-corrected chi connectivity index (χ0v) is 12.0. The van der Waals surface area contributed by atoms with Gasteiger partial charge in [0.2, 0.25) is 0 Å². The van der Waals surface area contributed by atoms with Crippen molar-refractivity contribution >= 4 is 0 Å². The summed E-state index contributed by atoms with van der Waals surface area (Å²) in [4.78, 5) is 0. The SMILES string of the molecule is COc1cc(C)cc(C)c1C(O)C(O)c1ccccc1. The molecule has 0 heterocycles. The van der Waals surface area contributed by atoms with Crippen LogP contribution in [0, 0.1) is 13.8 Å². The van der Waals surface area contributed by atoms with E-state index in [1.807, 2.05) is 44.2 Å². The van der Waals surface area contributed by atoms with Crippen molar-refractivity contribution in [3.63, 3.8) is 0 Å². The summed E-state index contributed by atoms with van der Waals surface area (Å²) in [6.07, 6.45) is -2.00. The van der Waals surface area contributed by atoms with Crippen molar-refractivity contribution in [3.05, 3.63) is 64.7 Å². The van der Waals surface area contributed by atoms with Crippen LogP contribution in [0.15, 0.2) is 42.5 Å². The van der Waals surface area contributed by atoms with Gasteiger partial charge in [0.1, 0.15) is 18.0 Å². The van der Waals surface area contributed by atoms with E-state index < -0.39 is 12.2 Å². The predicted octanol–water partition coefficient (Wildman–Crippen LogP) is 3.08. The molecule has 2 unspecified atom stereocenters. The normalized spacial score (nSPS) is 13.8. The van der Waals surface area contributed by atoms with E-state index in [-0.39, 0.29) is 0 Å². The van der Waals surface area contributed by atoms with Gasteiger partial charge in [-0.05, 0) is 36.6 Å². The van der Waals surface area contributed by atoms with E-state index in [4.69, 9.17) is 4.74 Å². The number of rotatable bonds is 4. The van der Waals surface area contributed by atoms with Crippen molar-refractivity contribution in [1.82, 2.24) is 0 Å². The first-order chi connectivity index (χ1) is 9.54. The molecule has 0 fully saturated rings. The highest BCUT2D eigenvalue weighted by Gasteiger charge is 2.25. The first-order valence-electron chi connectivity index (χ1n) is 6.60. The first kappa shape index (κ1) is 14.6. The van der Waals surface area contributed by atoms with Crippen LogP contribution in [-0.4, -0.2) is 17.3 Å². The molecule has 3 nitrogen and oxygen atoms in total. The lowest BCUT2D eigenvalue weighted by Crippen LogP contribution is -2.13. The minimum atomic E-state index is -1.02. The number of hydrogen-bond donors (Lipinski definition) is 2. The van der Waals surface area contributed by atoms with E-state index in [2.05, 4.69) is 0 Å². The van der Waals surface area contributed by atoms with Crippen molar-refractivity contribution in [2.75, 3.05) is 7.11 Å². The van der Waals surface area contributed by atoms with Crippen LogP contribution < -0.4 is 4.74 Å². The summed E-state index contributed by atoms with van der Waals surface area (Å²) in [5.74, 6) is 0.602. The lowest BCUT2D eigenvalue weighted by atomic mass is 9.93. The maximum Gasteiger partial charge on any atom is 0.125 e. The number of aliphatic hydroxyl groups excluding tert-OH is 2. The van der Waals surface area contributed by atoms with Gasteiger partial charge in [0.15, 0.2) is 0 Å². The van der Waals surface area contributed by atoms with Crippen LogP contribution in [0.25, 0.3) is 0 Å². The van der Waals surface area contributed by atoms with Crippen LogP contribution in [0.3, 0.4) is 0 Å². The van der Waals surface area contributed by atoms with Gasteiger partial charge < -0.3 is 14.9 Å². The molecule has 0 aliphatic carbocycles. The second-order valence-electron chi connectivity index (χ2n) is 5.00. The van der Waals surface area contributed by atoms with Gasteiger partial charge >= 0.3 is 0 Å². The standard InChI is InChI=1S/C17H20O3/c1-11-9-12(2)15(14(10-11)20-3)17(19)16(18)13-7-5-4-6-8-13/h4-10,16-19H,1-3H3. The Morgan fingerprint density at radius 2 is 1.60 bits per heavy atom. The topological polar surface area (TPSA) is 49.7 Å². The third-order valence-electron chi connectivity index (χ3n) is 3.45. The Balaban J connectivity index is 2.41. The molecule has 2 atom stereocenters. The van der Waals surface area contributed by atoms with Crippen LogP contribution >= 0.6 is 0 Å². The summed E-state index contributed by atoms with van der Waals surface area (Å²) in [6.45, 7) is 3.88. The highest BCUT2D eigenvalue weighted by molar-refractivity contribution is 5.45. The summed E-state index contributed by atoms with van der Waals surface area (Å²) in [7, 11) is 1.57. The number of methoxy groups -OCH3 is 1. The fourth-order valence-electron chi connectivity index (χ4n) is 2.48. The monoisotopic (exact) mass is 272 g/mol. The molecule has 0 saturated carbocycles. The Hall–Kier alpha value is -1.84. The van der Waals surface area contributed by atoms with Gasteiger partial charge in [0.25, 0.3) is 0 Å². The molecular formula is C17H20O3. The first-order valence-corrected chi connectivity index (χ1v) is 6.60. The summed E-state index contributed by atoms with van der Waals surface area (Å²) in [6, 6.07) is 13.0. The Bertz CT molecular complexity index is 578. The van der Waals surface area contributed by atoms with Crippen LogP contribution in [-0.2, 0) is 0 Å². The molecule has 0 spiro atoms. The van der Waals surface area contributed by atoms with Gasteiger partial charge in [-0.25, -0.2) is 0 Å². The zero-order valence-electron chi connectivity index (χ0n) is 12.0. The summed E-state index contributed by atoms with van der Waals surface area (Å²) in [5, 5.41) is 20.8. The fourth-order valence-corrected chi connectivity index (χ4v) is 2.48. The van der Waals surface area contributed by atoms with Crippen molar-refractivity contribution in [2.45, 2.75) is 26.1 Å². The number of ether oxygens (including phenoxy) is 1. The molecule has 20 heavy (non-hydrogen) atoms. The molecule has 0 aliphatic rings. The number of aryl methyl sites for hydroxylation is 2. The Morgan fingerprint density at radius 1 is 0.950 bits per heavy atom. The predicted molar refractivity (Wildman–Crippen MR) is 78.8 cm³/mol. The molecule has 0 saturated heterocycles. The molecule has 2 aromatic carbocycles. The second-order valence-corrected chi connectivity index (χ2v) is 5.00. The van der Waals surface area contributed by atoms with Crippen LogP contribution in [0.4, 0.5) is 0 Å². The van der Waals surface area contributed by atoms with E-state index in [0.717, 1.165) is 11.1 Å². The van der Waals surface area contributed by atoms with Crippen molar-refractivity contribution in [3.8, 4) is 5.75 Å². The zero-order chi connectivity index (χ0) is 14.7. The molecule has 0 bridgehead atoms. The van der Waals surface area contributed by atoms with E-state index >= 15 is 0 Å². The summed E-state index contributed by atoms with van der Waals surface area (Å²) >= 11 is 0. The molecule has 0 radical (unpaired) electrons. The maximum atomic E-state index is 10.5. The van der Waals surface area contributed by atoms with Gasteiger partial charge in [-0.3, -0.25) is 0 Å². The smallest absolute Gasteiger partial charge is 0.125 e.